The van der Waals surface area contributed by atoms with E-state index in [1.54, 1.807) is 18.2 Å². The van der Waals surface area contributed by atoms with Gasteiger partial charge in [0.2, 0.25) is 0 Å². The highest BCUT2D eigenvalue weighted by atomic mass is 35.5. The first-order valence-electron chi connectivity index (χ1n) is 6.66. The number of hydrogen-bond donors (Lipinski definition) is 1. The second-order valence-electron chi connectivity index (χ2n) is 4.37. The van der Waals surface area contributed by atoms with Gasteiger partial charge in [-0.2, -0.15) is 0 Å². The molecule has 0 aliphatic rings. The fourth-order valence-electron chi connectivity index (χ4n) is 1.76. The molecule has 122 valence electrons. The van der Waals surface area contributed by atoms with Gasteiger partial charge in [-0.3, -0.25) is 4.79 Å². The van der Waals surface area contributed by atoms with E-state index in [2.05, 4.69) is 14.9 Å². The molecular weight excluding hydrogens is 342 g/mol. The van der Waals surface area contributed by atoms with Crippen LogP contribution in [0.3, 0.4) is 0 Å². The van der Waals surface area contributed by atoms with Gasteiger partial charge in [0, 0.05) is 5.02 Å². The third kappa shape index (κ3) is 4.40. The highest BCUT2D eigenvalue weighted by molar-refractivity contribution is 7.07. The maximum absolute atomic E-state index is 11.9. The van der Waals surface area contributed by atoms with E-state index in [-0.39, 0.29) is 0 Å². The minimum Gasteiger partial charge on any atom is -0.495 e. The molecule has 0 saturated carbocycles. The number of ether oxygens (including phenoxy) is 2. The molecular formula is C14H14ClN3O4S. The zero-order valence-corrected chi connectivity index (χ0v) is 14.0. The molecule has 0 aliphatic carbocycles. The van der Waals surface area contributed by atoms with Crippen LogP contribution in [0.15, 0.2) is 18.2 Å². The van der Waals surface area contributed by atoms with E-state index < -0.39 is 18.5 Å². The van der Waals surface area contributed by atoms with Gasteiger partial charge in [-0.15, -0.1) is 5.10 Å². The first-order chi connectivity index (χ1) is 11.0. The number of nitrogens with one attached hydrogen (secondary N) is 1. The Labute approximate surface area is 141 Å². The second kappa shape index (κ2) is 7.89. The molecule has 0 bridgehead atoms. The Kier molecular flexibility index (Phi) is 5.89. The van der Waals surface area contributed by atoms with Gasteiger partial charge < -0.3 is 14.8 Å². The summed E-state index contributed by atoms with van der Waals surface area (Å²) in [6.07, 6.45) is 0.562. The molecule has 7 nitrogen and oxygen atoms in total. The van der Waals surface area contributed by atoms with E-state index in [1.165, 1.54) is 7.11 Å². The number of esters is 1. The van der Waals surface area contributed by atoms with Crippen LogP contribution in [0.1, 0.15) is 22.3 Å². The van der Waals surface area contributed by atoms with Crippen molar-refractivity contribution >= 4 is 40.7 Å². The van der Waals surface area contributed by atoms with Gasteiger partial charge in [0.1, 0.15) is 5.75 Å². The number of benzene rings is 1. The fourth-order valence-corrected chi connectivity index (χ4v) is 2.57. The largest absolute Gasteiger partial charge is 0.495 e. The van der Waals surface area contributed by atoms with E-state index in [9.17, 15) is 9.59 Å². The first-order valence-corrected chi connectivity index (χ1v) is 7.82. The number of carbonyl (C=O) groups excluding carboxylic acids is 2. The maximum Gasteiger partial charge on any atom is 0.352 e. The van der Waals surface area contributed by atoms with Gasteiger partial charge in [0.05, 0.1) is 18.5 Å². The smallest absolute Gasteiger partial charge is 0.352 e. The number of hydrogen-bond acceptors (Lipinski definition) is 7. The number of rotatable bonds is 6. The minimum atomic E-state index is -0.620. The van der Waals surface area contributed by atoms with Crippen molar-refractivity contribution in [2.75, 3.05) is 19.0 Å². The summed E-state index contributed by atoms with van der Waals surface area (Å²) in [5.41, 5.74) is 0.951. The summed E-state index contributed by atoms with van der Waals surface area (Å²) in [5, 5.41) is 6.84. The molecule has 9 heteroatoms. The van der Waals surface area contributed by atoms with Crippen molar-refractivity contribution < 1.29 is 19.1 Å². The molecule has 1 amide bonds. The number of aromatic nitrogens is 2. The van der Waals surface area contributed by atoms with Crippen molar-refractivity contribution in [3.8, 4) is 5.75 Å². The number of aryl methyl sites for hydroxylation is 1. The molecule has 0 fully saturated rings. The van der Waals surface area contributed by atoms with Crippen LogP contribution in [0.25, 0.3) is 0 Å². The molecule has 2 rings (SSSR count). The molecule has 0 unspecified atom stereocenters. The summed E-state index contributed by atoms with van der Waals surface area (Å²) >= 11 is 6.82. The lowest BCUT2D eigenvalue weighted by Crippen LogP contribution is -2.21. The first kappa shape index (κ1) is 17.2. The normalized spacial score (nSPS) is 10.2. The zero-order valence-electron chi connectivity index (χ0n) is 12.5. The van der Waals surface area contributed by atoms with Crippen molar-refractivity contribution in [2.45, 2.75) is 13.3 Å². The Morgan fingerprint density at radius 3 is 2.87 bits per heavy atom. The number of amides is 1. The zero-order chi connectivity index (χ0) is 16.8. The Morgan fingerprint density at radius 1 is 1.39 bits per heavy atom. The lowest BCUT2D eigenvalue weighted by molar-refractivity contribution is -0.119. The van der Waals surface area contributed by atoms with Crippen LogP contribution in [0.2, 0.25) is 5.02 Å². The summed E-state index contributed by atoms with van der Waals surface area (Å²) in [7, 11) is 1.47. The van der Waals surface area contributed by atoms with E-state index in [1.807, 2.05) is 6.92 Å². The van der Waals surface area contributed by atoms with Gasteiger partial charge in [-0.25, -0.2) is 4.79 Å². The average Bonchev–Trinajstić information content (AvgIpc) is 3.01. The number of carbonyl (C=O) groups is 2. The van der Waals surface area contributed by atoms with Crippen molar-refractivity contribution in [2.24, 2.45) is 0 Å². The topological polar surface area (TPSA) is 90.4 Å². The molecule has 0 aliphatic heterocycles. The number of methoxy groups -OCH3 is 1. The summed E-state index contributed by atoms with van der Waals surface area (Å²) < 4.78 is 13.8. The van der Waals surface area contributed by atoms with Crippen LogP contribution < -0.4 is 10.1 Å². The van der Waals surface area contributed by atoms with Gasteiger partial charge in [0.15, 0.2) is 11.5 Å². The highest BCUT2D eigenvalue weighted by Gasteiger charge is 2.18. The van der Waals surface area contributed by atoms with Crippen LogP contribution in [-0.4, -0.2) is 35.2 Å². The van der Waals surface area contributed by atoms with Crippen LogP contribution >= 0.6 is 23.1 Å². The van der Waals surface area contributed by atoms with Crippen LogP contribution in [0.5, 0.6) is 5.75 Å². The van der Waals surface area contributed by atoms with Gasteiger partial charge in [0.25, 0.3) is 5.91 Å². The number of nitrogens with zero attached hydrogens (tertiary/aromatic N) is 2. The van der Waals surface area contributed by atoms with Gasteiger partial charge in [-0.1, -0.05) is 23.0 Å². The number of halogens is 1. The van der Waals surface area contributed by atoms with Crippen molar-refractivity contribution in [1.29, 1.82) is 0 Å². The number of anilines is 1. The molecule has 23 heavy (non-hydrogen) atoms. The Hall–Kier alpha value is -2.19. The lowest BCUT2D eigenvalue weighted by atomic mass is 10.3. The molecule has 0 radical (unpaired) electrons. The highest BCUT2D eigenvalue weighted by Crippen LogP contribution is 2.27. The fraction of sp³-hybridized carbons (Fsp3) is 0.286. The maximum atomic E-state index is 11.9. The molecule has 1 aromatic carbocycles. The third-order valence-corrected chi connectivity index (χ3v) is 3.83. The van der Waals surface area contributed by atoms with Crippen molar-refractivity contribution in [1.82, 2.24) is 9.59 Å². The van der Waals surface area contributed by atoms with Crippen molar-refractivity contribution in [3.63, 3.8) is 0 Å². The third-order valence-electron chi connectivity index (χ3n) is 2.85. The van der Waals surface area contributed by atoms with Gasteiger partial charge in [-0.05, 0) is 36.2 Å². The second-order valence-corrected chi connectivity index (χ2v) is 5.56. The standard InChI is InChI=1S/C14H14ClN3O4S/c1-3-9-13(23-18-17-9)14(20)22-7-12(19)16-10-6-8(15)4-5-11(10)21-2/h4-6H,3,7H2,1-2H3,(H,16,19). The molecule has 2 aromatic rings. The molecule has 0 saturated heterocycles. The quantitative estimate of drug-likeness (QED) is 0.801. The van der Waals surface area contributed by atoms with E-state index >= 15 is 0 Å². The molecule has 1 aromatic heterocycles. The van der Waals surface area contributed by atoms with E-state index in [4.69, 9.17) is 21.1 Å². The van der Waals surface area contributed by atoms with Crippen LogP contribution in [0.4, 0.5) is 5.69 Å². The van der Waals surface area contributed by atoms with Crippen molar-refractivity contribution in [3.05, 3.63) is 33.8 Å². The SMILES string of the molecule is CCc1nnsc1C(=O)OCC(=O)Nc1cc(Cl)ccc1OC. The molecule has 0 spiro atoms. The van der Waals surface area contributed by atoms with Crippen LogP contribution in [-0.2, 0) is 16.0 Å². The molecule has 1 heterocycles. The predicted molar refractivity (Wildman–Crippen MR) is 86.2 cm³/mol. The summed E-state index contributed by atoms with van der Waals surface area (Å²) in [5.74, 6) is -0.673. The molecule has 0 atom stereocenters. The summed E-state index contributed by atoms with van der Waals surface area (Å²) in [6, 6.07) is 4.81. The minimum absolute atomic E-state index is 0.306. The summed E-state index contributed by atoms with van der Waals surface area (Å²) in [4.78, 5) is 24.1. The van der Waals surface area contributed by atoms with E-state index in [0.29, 0.717) is 33.5 Å². The monoisotopic (exact) mass is 355 g/mol. The van der Waals surface area contributed by atoms with Gasteiger partial charge >= 0.3 is 5.97 Å². The summed E-state index contributed by atoms with van der Waals surface area (Å²) in [6.45, 7) is 1.42. The lowest BCUT2D eigenvalue weighted by Gasteiger charge is -2.10. The van der Waals surface area contributed by atoms with E-state index in [0.717, 1.165) is 11.5 Å². The van der Waals surface area contributed by atoms with Crippen LogP contribution in [0, 0.1) is 0 Å². The Balaban J connectivity index is 1.95. The Bertz CT molecular complexity index is 720. The molecule has 1 N–H and O–H groups in total. The predicted octanol–water partition coefficient (Wildman–Crippen LogP) is 2.56. The Morgan fingerprint density at radius 2 is 2.17 bits per heavy atom. The average molecular weight is 356 g/mol.